The van der Waals surface area contributed by atoms with Crippen molar-refractivity contribution in [3.8, 4) is 5.75 Å². The van der Waals surface area contributed by atoms with E-state index in [2.05, 4.69) is 0 Å². The van der Waals surface area contributed by atoms with Crippen molar-refractivity contribution in [3.63, 3.8) is 0 Å². The first-order valence-corrected chi connectivity index (χ1v) is 13.1. The Hall–Kier alpha value is -2.89. The molecule has 3 aromatic rings. The fraction of sp³-hybridized carbons (Fsp3) is 0.423. The van der Waals surface area contributed by atoms with Gasteiger partial charge in [-0.15, -0.1) is 0 Å². The highest BCUT2D eigenvalue weighted by atomic mass is 32.2. The minimum atomic E-state index is -5.04. The summed E-state index contributed by atoms with van der Waals surface area (Å²) < 4.78 is 77.2. The van der Waals surface area contributed by atoms with Gasteiger partial charge in [-0.3, -0.25) is 4.79 Å². The number of benzene rings is 2. The van der Waals surface area contributed by atoms with Crippen molar-refractivity contribution < 1.29 is 31.4 Å². The number of alkyl halides is 3. The van der Waals surface area contributed by atoms with E-state index in [1.54, 1.807) is 12.1 Å². The third-order valence-corrected chi connectivity index (χ3v) is 8.64. The molecule has 7 nitrogen and oxygen atoms in total. The van der Waals surface area contributed by atoms with Crippen LogP contribution >= 0.6 is 0 Å². The molecule has 0 saturated heterocycles. The maximum absolute atomic E-state index is 14.5. The van der Waals surface area contributed by atoms with E-state index in [9.17, 15) is 31.5 Å². The summed E-state index contributed by atoms with van der Waals surface area (Å²) in [6, 6.07) is 10.2. The van der Waals surface area contributed by atoms with Gasteiger partial charge in [-0.25, -0.2) is 12.7 Å². The molecule has 2 aromatic carbocycles. The van der Waals surface area contributed by atoms with Crippen LogP contribution < -0.4 is 10.2 Å². The lowest BCUT2D eigenvalue weighted by Gasteiger charge is -2.39. The van der Waals surface area contributed by atoms with E-state index in [1.807, 2.05) is 0 Å². The van der Waals surface area contributed by atoms with Crippen LogP contribution in [0, 0.1) is 0 Å². The highest BCUT2D eigenvalue weighted by Gasteiger charge is 2.56. The van der Waals surface area contributed by atoms with E-state index in [0.29, 0.717) is 17.7 Å². The second kappa shape index (κ2) is 9.14. The average molecular weight is 539 g/mol. The molecule has 0 bridgehead atoms. The minimum Gasteiger partial charge on any atom is -0.493 e. The molecule has 0 spiro atoms. The summed E-state index contributed by atoms with van der Waals surface area (Å²) in [5.74, 6) is 0.348. The first-order chi connectivity index (χ1) is 17.1. The highest BCUT2D eigenvalue weighted by molar-refractivity contribution is 7.89. The average Bonchev–Trinajstić information content (AvgIpc) is 3.28. The number of pyridine rings is 1. The van der Waals surface area contributed by atoms with Crippen LogP contribution in [0.5, 0.6) is 5.75 Å². The molecule has 2 heterocycles. The normalized spacial score (nSPS) is 16.0. The first-order valence-electron chi connectivity index (χ1n) is 11.7. The number of halogens is 3. The smallest absolute Gasteiger partial charge is 0.418 e. The molecular weight excluding hydrogens is 509 g/mol. The topological polar surface area (TPSA) is 88.8 Å². The van der Waals surface area contributed by atoms with Crippen LogP contribution in [0.4, 0.5) is 13.2 Å². The van der Waals surface area contributed by atoms with Crippen molar-refractivity contribution in [3.05, 3.63) is 70.0 Å². The van der Waals surface area contributed by atoms with Crippen molar-refractivity contribution in [1.29, 1.82) is 0 Å². The number of fused-ring (bicyclic) bond motifs is 2. The van der Waals surface area contributed by atoms with Gasteiger partial charge in [0.05, 0.1) is 23.6 Å². The molecule has 0 aliphatic carbocycles. The van der Waals surface area contributed by atoms with Crippen molar-refractivity contribution in [1.82, 2.24) is 8.87 Å². The maximum atomic E-state index is 14.5. The summed E-state index contributed by atoms with van der Waals surface area (Å²) in [6.07, 6.45) is -4.17. The van der Waals surface area contributed by atoms with Crippen molar-refractivity contribution in [2.75, 3.05) is 20.7 Å². The number of rotatable bonds is 7. The second-order valence-corrected chi connectivity index (χ2v) is 12.4. The summed E-state index contributed by atoms with van der Waals surface area (Å²) in [5, 5.41) is 11.4. The van der Waals surface area contributed by atoms with E-state index >= 15 is 0 Å². The molecule has 0 saturated carbocycles. The van der Waals surface area contributed by atoms with Crippen LogP contribution in [0.1, 0.15) is 31.4 Å². The number of para-hydroxylation sites is 1. The SMILES string of the molecule is CN(C)S(=O)(=O)c1cc2c(c(C(C)(C)CC(O)(Cn3ccc(=O)c4ccccc43)C(F)(F)F)c1)OCC2. The number of aromatic nitrogens is 1. The van der Waals surface area contributed by atoms with Gasteiger partial charge < -0.3 is 14.4 Å². The van der Waals surface area contributed by atoms with Gasteiger partial charge in [-0.2, -0.15) is 13.2 Å². The summed E-state index contributed by atoms with van der Waals surface area (Å²) in [7, 11) is -1.12. The molecule has 0 radical (unpaired) electrons. The van der Waals surface area contributed by atoms with Crippen molar-refractivity contribution in [2.45, 2.75) is 55.3 Å². The molecule has 1 aliphatic rings. The van der Waals surface area contributed by atoms with Crippen LogP contribution in [-0.2, 0) is 28.4 Å². The molecule has 37 heavy (non-hydrogen) atoms. The fourth-order valence-electron chi connectivity index (χ4n) is 4.89. The number of sulfonamides is 1. The zero-order valence-corrected chi connectivity index (χ0v) is 21.8. The third kappa shape index (κ3) is 4.87. The van der Waals surface area contributed by atoms with Gasteiger partial charge in [0.1, 0.15) is 5.75 Å². The number of hydrogen-bond donors (Lipinski definition) is 1. The summed E-state index contributed by atoms with van der Waals surface area (Å²) in [4.78, 5) is 12.2. The van der Waals surface area contributed by atoms with Gasteiger partial charge in [-0.05, 0) is 41.7 Å². The molecule has 1 atom stereocenters. The van der Waals surface area contributed by atoms with Crippen molar-refractivity contribution >= 4 is 20.9 Å². The minimum absolute atomic E-state index is 0.0493. The van der Waals surface area contributed by atoms with Gasteiger partial charge in [0.25, 0.3) is 0 Å². The van der Waals surface area contributed by atoms with E-state index in [1.165, 1.54) is 69.0 Å². The van der Waals surface area contributed by atoms with Gasteiger partial charge >= 0.3 is 6.18 Å². The summed E-state index contributed by atoms with van der Waals surface area (Å²) in [5.41, 5.74) is -3.78. The van der Waals surface area contributed by atoms with Crippen LogP contribution in [0.25, 0.3) is 10.9 Å². The van der Waals surface area contributed by atoms with Gasteiger partial charge in [0.2, 0.25) is 10.0 Å². The second-order valence-electron chi connectivity index (χ2n) is 10.3. The van der Waals surface area contributed by atoms with Crippen molar-refractivity contribution in [2.24, 2.45) is 0 Å². The van der Waals surface area contributed by atoms with Gasteiger partial charge in [0, 0.05) is 43.7 Å². The Labute approximate surface area is 213 Å². The highest BCUT2D eigenvalue weighted by Crippen LogP contribution is 2.47. The lowest BCUT2D eigenvalue weighted by Crippen LogP contribution is -2.52. The largest absolute Gasteiger partial charge is 0.493 e. The molecule has 1 N–H and O–H groups in total. The van der Waals surface area contributed by atoms with E-state index in [0.717, 1.165) is 4.31 Å². The molecular formula is C26H29F3N2O5S. The van der Waals surface area contributed by atoms with Crippen LogP contribution in [0.15, 0.2) is 58.4 Å². The van der Waals surface area contributed by atoms with Gasteiger partial charge in [0.15, 0.2) is 11.0 Å². The standard InChI is InChI=1S/C26H29F3N2O5S/c1-24(2,20-14-18(37(34,35)30(3)4)13-17-10-12-36-23(17)20)15-25(33,26(27,28)29)16-31-11-9-22(32)19-7-5-6-8-21(19)31/h5-9,11,13-14,33H,10,12,15-16H2,1-4H3. The zero-order chi connectivity index (χ0) is 27.4. The quantitative estimate of drug-likeness (QED) is 0.494. The van der Waals surface area contributed by atoms with Gasteiger partial charge in [-0.1, -0.05) is 26.0 Å². The summed E-state index contributed by atoms with van der Waals surface area (Å²) >= 11 is 0. The predicted molar refractivity (Wildman–Crippen MR) is 133 cm³/mol. The Bertz CT molecular complexity index is 1510. The molecule has 1 aromatic heterocycles. The van der Waals surface area contributed by atoms with Crippen LogP contribution in [-0.4, -0.2) is 54.9 Å². The summed E-state index contributed by atoms with van der Waals surface area (Å²) in [6.45, 7) is 2.46. The monoisotopic (exact) mass is 538 g/mol. The lowest BCUT2D eigenvalue weighted by molar-refractivity contribution is -0.271. The number of nitrogens with zero attached hydrogens (tertiary/aromatic N) is 2. The fourth-order valence-corrected chi connectivity index (χ4v) is 5.87. The molecule has 200 valence electrons. The maximum Gasteiger partial charge on any atom is 0.418 e. The third-order valence-electron chi connectivity index (χ3n) is 6.84. The molecule has 4 rings (SSSR count). The Balaban J connectivity index is 1.82. The van der Waals surface area contributed by atoms with E-state index in [-0.39, 0.29) is 33.4 Å². The Morgan fingerprint density at radius 2 is 1.78 bits per heavy atom. The molecule has 0 fully saturated rings. The molecule has 0 amide bonds. The van der Waals surface area contributed by atoms with Crippen LogP contribution in [0.2, 0.25) is 0 Å². The van der Waals surface area contributed by atoms with Crippen LogP contribution in [0.3, 0.4) is 0 Å². The molecule has 1 unspecified atom stereocenters. The number of aliphatic hydroxyl groups is 1. The Kier molecular flexibility index (Phi) is 6.71. The Morgan fingerprint density at radius 3 is 2.43 bits per heavy atom. The predicted octanol–water partition coefficient (Wildman–Crippen LogP) is 3.85. The number of ether oxygens (including phenoxy) is 1. The van der Waals surface area contributed by atoms with E-state index < -0.39 is 40.2 Å². The number of hydrogen-bond acceptors (Lipinski definition) is 5. The molecule has 11 heteroatoms. The Morgan fingerprint density at radius 1 is 1.11 bits per heavy atom. The first kappa shape index (κ1) is 27.2. The zero-order valence-electron chi connectivity index (χ0n) is 21.0. The van der Waals surface area contributed by atoms with E-state index in [4.69, 9.17) is 4.74 Å². The lowest BCUT2D eigenvalue weighted by atomic mass is 9.74. The molecule has 1 aliphatic heterocycles.